The molecule has 0 atom stereocenters. The standard InChI is InChI=1S/C64H53N/c1-42-28-37-52(61-60(42)62(2,3)38-39-63(61,4)5)54-40-53-51-24-14-17-27-57(51)64(55-25-15-12-22-49(55)50-23-13-16-26-56(50)64)58(53)41-59(54)65(47-33-29-45(30-34-47)43-18-8-6-9-19-43)48-35-31-46(32-36-48)44-20-10-7-11-21-44/h6-37,40-41H,38-39H2,1-5H3. The van der Waals surface area contributed by atoms with Gasteiger partial charge in [-0.3, -0.25) is 0 Å². The van der Waals surface area contributed by atoms with E-state index < -0.39 is 5.41 Å². The second kappa shape index (κ2) is 14.7. The molecular weight excluding hydrogens is 783 g/mol. The first-order valence-corrected chi connectivity index (χ1v) is 23.4. The molecule has 1 nitrogen and oxygen atoms in total. The summed E-state index contributed by atoms with van der Waals surface area (Å²) >= 11 is 0. The molecule has 0 saturated heterocycles. The summed E-state index contributed by atoms with van der Waals surface area (Å²) in [6.45, 7) is 12.2. The molecule has 65 heavy (non-hydrogen) atoms. The maximum Gasteiger partial charge on any atom is 0.0726 e. The van der Waals surface area contributed by atoms with Crippen LogP contribution in [-0.2, 0) is 16.2 Å². The normalized spacial score (nSPS) is 15.4. The van der Waals surface area contributed by atoms with Gasteiger partial charge in [-0.05, 0) is 156 Å². The van der Waals surface area contributed by atoms with Gasteiger partial charge >= 0.3 is 0 Å². The first-order chi connectivity index (χ1) is 31.6. The molecular formula is C64H53N. The first kappa shape index (κ1) is 39.4. The minimum absolute atomic E-state index is 0.0234. The van der Waals surface area contributed by atoms with Crippen LogP contribution in [0.5, 0.6) is 0 Å². The Kier molecular flexibility index (Phi) is 8.88. The van der Waals surface area contributed by atoms with E-state index in [-0.39, 0.29) is 10.8 Å². The summed E-state index contributed by atoms with van der Waals surface area (Å²) in [6, 6.07) is 77.6. The highest BCUT2D eigenvalue weighted by atomic mass is 15.1. The summed E-state index contributed by atoms with van der Waals surface area (Å²) in [4.78, 5) is 2.55. The van der Waals surface area contributed by atoms with Gasteiger partial charge in [-0.25, -0.2) is 0 Å². The van der Waals surface area contributed by atoms with E-state index in [0.29, 0.717) is 0 Å². The monoisotopic (exact) mass is 835 g/mol. The Hall–Kier alpha value is -7.22. The molecule has 0 N–H and O–H groups in total. The maximum atomic E-state index is 2.60. The van der Waals surface area contributed by atoms with Crippen LogP contribution in [0.2, 0.25) is 0 Å². The van der Waals surface area contributed by atoms with Crippen LogP contribution in [0.15, 0.2) is 206 Å². The van der Waals surface area contributed by atoms with Crippen molar-refractivity contribution in [1.82, 2.24) is 0 Å². The molecule has 0 aliphatic heterocycles. The van der Waals surface area contributed by atoms with Gasteiger partial charge in [0.1, 0.15) is 0 Å². The molecule has 3 aliphatic carbocycles. The second-order valence-corrected chi connectivity index (χ2v) is 19.9. The van der Waals surface area contributed by atoms with Gasteiger partial charge in [0.2, 0.25) is 0 Å². The molecule has 3 aliphatic rings. The lowest BCUT2D eigenvalue weighted by atomic mass is 9.60. The van der Waals surface area contributed by atoms with Crippen LogP contribution in [0.25, 0.3) is 55.6 Å². The molecule has 0 saturated carbocycles. The maximum absolute atomic E-state index is 2.60. The van der Waals surface area contributed by atoms with Gasteiger partial charge in [-0.2, -0.15) is 0 Å². The number of aryl methyl sites for hydroxylation is 1. The summed E-state index contributed by atoms with van der Waals surface area (Å²) < 4.78 is 0. The van der Waals surface area contributed by atoms with Gasteiger partial charge in [0.25, 0.3) is 0 Å². The van der Waals surface area contributed by atoms with E-state index in [0.717, 1.165) is 24.2 Å². The van der Waals surface area contributed by atoms with E-state index in [9.17, 15) is 0 Å². The van der Waals surface area contributed by atoms with Crippen LogP contribution in [0.4, 0.5) is 17.1 Å². The highest BCUT2D eigenvalue weighted by Crippen LogP contribution is 2.65. The predicted octanol–water partition coefficient (Wildman–Crippen LogP) is 17.2. The molecule has 0 amide bonds. The summed E-state index contributed by atoms with van der Waals surface area (Å²) in [5.41, 5.74) is 25.4. The summed E-state index contributed by atoms with van der Waals surface area (Å²) in [5.74, 6) is 0. The number of hydrogen-bond donors (Lipinski definition) is 0. The smallest absolute Gasteiger partial charge is 0.0726 e. The molecule has 9 aromatic carbocycles. The van der Waals surface area contributed by atoms with Crippen LogP contribution < -0.4 is 4.90 Å². The molecule has 9 aromatic rings. The number of nitrogens with zero attached hydrogens (tertiary/aromatic N) is 1. The predicted molar refractivity (Wildman–Crippen MR) is 274 cm³/mol. The molecule has 0 heterocycles. The van der Waals surface area contributed by atoms with Crippen molar-refractivity contribution in [1.29, 1.82) is 0 Å². The number of benzene rings is 9. The minimum Gasteiger partial charge on any atom is -0.310 e. The van der Waals surface area contributed by atoms with E-state index in [1.54, 1.807) is 0 Å². The average molecular weight is 836 g/mol. The zero-order valence-corrected chi connectivity index (χ0v) is 38.0. The Morgan fingerprint density at radius 3 is 1.25 bits per heavy atom. The van der Waals surface area contributed by atoms with Crippen molar-refractivity contribution in [3.8, 4) is 55.6 Å². The second-order valence-electron chi connectivity index (χ2n) is 19.9. The lowest BCUT2D eigenvalue weighted by Crippen LogP contribution is -2.35. The highest BCUT2D eigenvalue weighted by molar-refractivity contribution is 6.01. The van der Waals surface area contributed by atoms with Crippen LogP contribution in [-0.4, -0.2) is 0 Å². The zero-order valence-electron chi connectivity index (χ0n) is 38.0. The SMILES string of the molecule is Cc1ccc(-c2cc3c(cc2N(c2ccc(-c4ccccc4)cc2)c2ccc(-c4ccccc4)cc2)C2(c4ccccc4-c4ccccc42)c2ccccc2-3)c2c1C(C)(C)CCC2(C)C. The van der Waals surface area contributed by atoms with Crippen molar-refractivity contribution >= 4 is 17.1 Å². The summed E-state index contributed by atoms with van der Waals surface area (Å²) in [6.07, 6.45) is 2.30. The first-order valence-electron chi connectivity index (χ1n) is 23.4. The third-order valence-corrected chi connectivity index (χ3v) is 15.3. The van der Waals surface area contributed by atoms with Crippen molar-refractivity contribution in [3.63, 3.8) is 0 Å². The fourth-order valence-electron chi connectivity index (χ4n) is 12.2. The number of rotatable bonds is 6. The molecule has 0 bridgehead atoms. The van der Waals surface area contributed by atoms with Crippen molar-refractivity contribution in [2.45, 2.75) is 63.7 Å². The van der Waals surface area contributed by atoms with E-state index in [2.05, 4.69) is 246 Å². The van der Waals surface area contributed by atoms with E-state index >= 15 is 0 Å². The fraction of sp³-hybridized carbons (Fsp3) is 0.156. The lowest BCUT2D eigenvalue weighted by Gasteiger charge is -2.44. The largest absolute Gasteiger partial charge is 0.310 e. The quantitative estimate of drug-likeness (QED) is 0.161. The summed E-state index contributed by atoms with van der Waals surface area (Å²) in [7, 11) is 0. The van der Waals surface area contributed by atoms with Gasteiger partial charge in [0.15, 0.2) is 0 Å². The van der Waals surface area contributed by atoms with Crippen LogP contribution in [0.1, 0.15) is 79.5 Å². The van der Waals surface area contributed by atoms with E-state index in [1.165, 1.54) is 100 Å². The molecule has 12 rings (SSSR count). The van der Waals surface area contributed by atoms with Gasteiger partial charge in [-0.15, -0.1) is 0 Å². The van der Waals surface area contributed by atoms with Crippen molar-refractivity contribution in [3.05, 3.63) is 245 Å². The van der Waals surface area contributed by atoms with E-state index in [1.807, 2.05) is 0 Å². The van der Waals surface area contributed by atoms with E-state index in [4.69, 9.17) is 0 Å². The zero-order chi connectivity index (χ0) is 44.1. The fourth-order valence-corrected chi connectivity index (χ4v) is 12.2. The van der Waals surface area contributed by atoms with Gasteiger partial charge < -0.3 is 4.90 Å². The molecule has 1 spiro atoms. The van der Waals surface area contributed by atoms with Gasteiger partial charge in [0.05, 0.1) is 11.1 Å². The topological polar surface area (TPSA) is 3.24 Å². The molecule has 0 unspecified atom stereocenters. The molecule has 0 aromatic heterocycles. The third-order valence-electron chi connectivity index (χ3n) is 15.3. The van der Waals surface area contributed by atoms with Gasteiger partial charge in [0, 0.05) is 16.9 Å². The molecule has 0 fully saturated rings. The highest BCUT2D eigenvalue weighted by Gasteiger charge is 2.52. The van der Waals surface area contributed by atoms with Gasteiger partial charge in [-0.1, -0.05) is 198 Å². The Morgan fingerprint density at radius 2 is 0.754 bits per heavy atom. The Labute approximate surface area is 384 Å². The average Bonchev–Trinajstić information content (AvgIpc) is 3.81. The Bertz CT molecular complexity index is 3170. The molecule has 314 valence electrons. The van der Waals surface area contributed by atoms with Crippen LogP contribution in [0.3, 0.4) is 0 Å². The Balaban J connectivity index is 1.20. The number of fused-ring (bicyclic) bond motifs is 11. The third kappa shape index (κ3) is 5.91. The van der Waals surface area contributed by atoms with Crippen LogP contribution in [0, 0.1) is 6.92 Å². The summed E-state index contributed by atoms with van der Waals surface area (Å²) in [5, 5.41) is 0. The number of hydrogen-bond acceptors (Lipinski definition) is 1. The minimum atomic E-state index is -0.486. The molecule has 0 radical (unpaired) electrons. The number of anilines is 3. The van der Waals surface area contributed by atoms with Crippen molar-refractivity contribution in [2.75, 3.05) is 4.90 Å². The lowest BCUT2D eigenvalue weighted by molar-refractivity contribution is 0.331. The van der Waals surface area contributed by atoms with Crippen LogP contribution >= 0.6 is 0 Å². The van der Waals surface area contributed by atoms with Crippen molar-refractivity contribution in [2.24, 2.45) is 0 Å². The molecule has 1 heteroatoms. The van der Waals surface area contributed by atoms with Crippen molar-refractivity contribution < 1.29 is 0 Å². The Morgan fingerprint density at radius 1 is 0.338 bits per heavy atom.